The minimum Gasteiger partial charge on any atom is -0.487 e. The Bertz CT molecular complexity index is 617. The summed E-state index contributed by atoms with van der Waals surface area (Å²) in [5, 5.41) is 11.0. The third kappa shape index (κ3) is 3.42. The Morgan fingerprint density at radius 1 is 1.37 bits per heavy atom. The normalized spacial score (nSPS) is 10.2. The van der Waals surface area contributed by atoms with Gasteiger partial charge in [0.25, 0.3) is 5.69 Å². The number of benzene rings is 1. The molecule has 0 amide bonds. The van der Waals surface area contributed by atoms with E-state index in [0.29, 0.717) is 5.02 Å². The number of nitro groups is 1. The second-order valence-electron chi connectivity index (χ2n) is 4.03. The fraction of sp³-hybridized carbons (Fsp3) is 0.154. The lowest BCUT2D eigenvalue weighted by Crippen LogP contribution is -1.98. The number of pyridine rings is 1. The molecule has 1 aromatic heterocycles. The van der Waals surface area contributed by atoms with E-state index in [-0.39, 0.29) is 18.0 Å². The zero-order valence-corrected chi connectivity index (χ0v) is 10.9. The SMILES string of the molecule is Cc1cncc(COc2cc([N+](=O)[O-])ccc2Cl)c1. The number of rotatable bonds is 4. The van der Waals surface area contributed by atoms with E-state index in [2.05, 4.69) is 4.98 Å². The molecule has 0 fully saturated rings. The predicted octanol–water partition coefficient (Wildman–Crippen LogP) is 3.53. The van der Waals surface area contributed by atoms with E-state index in [9.17, 15) is 10.1 Å². The predicted molar refractivity (Wildman–Crippen MR) is 71.4 cm³/mol. The molecule has 0 N–H and O–H groups in total. The van der Waals surface area contributed by atoms with Crippen LogP contribution in [0.25, 0.3) is 0 Å². The largest absolute Gasteiger partial charge is 0.487 e. The van der Waals surface area contributed by atoms with E-state index >= 15 is 0 Å². The second-order valence-corrected chi connectivity index (χ2v) is 4.44. The lowest BCUT2D eigenvalue weighted by Gasteiger charge is -2.08. The van der Waals surface area contributed by atoms with Crippen molar-refractivity contribution < 1.29 is 9.66 Å². The van der Waals surface area contributed by atoms with Crippen molar-refractivity contribution in [2.45, 2.75) is 13.5 Å². The number of halogens is 1. The molecule has 1 aromatic carbocycles. The smallest absolute Gasteiger partial charge is 0.273 e. The molecular formula is C13H11ClN2O3. The standard InChI is InChI=1S/C13H11ClN2O3/c1-9-4-10(7-15-6-9)8-19-13-5-11(16(17)18)2-3-12(13)14/h2-7H,8H2,1H3. The van der Waals surface area contributed by atoms with Crippen LogP contribution in [0.3, 0.4) is 0 Å². The van der Waals surface area contributed by atoms with E-state index in [1.807, 2.05) is 13.0 Å². The first kappa shape index (κ1) is 13.3. The van der Waals surface area contributed by atoms with Gasteiger partial charge in [-0.2, -0.15) is 0 Å². The van der Waals surface area contributed by atoms with Crippen LogP contribution in [0.2, 0.25) is 5.02 Å². The van der Waals surface area contributed by atoms with Crippen molar-refractivity contribution in [2.24, 2.45) is 0 Å². The molecule has 19 heavy (non-hydrogen) atoms. The van der Waals surface area contributed by atoms with Gasteiger partial charge in [0, 0.05) is 24.0 Å². The number of aryl methyl sites for hydroxylation is 1. The summed E-state index contributed by atoms with van der Waals surface area (Å²) in [4.78, 5) is 14.2. The first-order chi connectivity index (χ1) is 9.06. The molecule has 1 heterocycles. The number of ether oxygens (including phenoxy) is 1. The van der Waals surface area contributed by atoms with Gasteiger partial charge in [-0.15, -0.1) is 0 Å². The van der Waals surface area contributed by atoms with Crippen LogP contribution in [-0.4, -0.2) is 9.91 Å². The summed E-state index contributed by atoms with van der Waals surface area (Å²) in [6.45, 7) is 2.19. The van der Waals surface area contributed by atoms with Gasteiger partial charge in [-0.05, 0) is 24.6 Å². The third-order valence-corrected chi connectivity index (χ3v) is 2.76. The van der Waals surface area contributed by atoms with Crippen LogP contribution in [-0.2, 0) is 6.61 Å². The molecule has 0 aliphatic carbocycles. The minimum absolute atomic E-state index is 0.0539. The highest BCUT2D eigenvalue weighted by atomic mass is 35.5. The molecule has 2 aromatic rings. The number of non-ortho nitro benzene ring substituents is 1. The first-order valence-electron chi connectivity index (χ1n) is 5.53. The molecule has 5 nitrogen and oxygen atoms in total. The van der Waals surface area contributed by atoms with Gasteiger partial charge < -0.3 is 4.74 Å². The van der Waals surface area contributed by atoms with Crippen LogP contribution in [0.15, 0.2) is 36.7 Å². The number of hydrogen-bond donors (Lipinski definition) is 0. The molecule has 0 saturated carbocycles. The molecule has 98 valence electrons. The summed E-state index contributed by atoms with van der Waals surface area (Å²) in [5.74, 6) is 0.289. The van der Waals surface area contributed by atoms with Gasteiger partial charge >= 0.3 is 0 Å². The minimum atomic E-state index is -0.489. The summed E-state index contributed by atoms with van der Waals surface area (Å²) in [5.41, 5.74) is 1.84. The van der Waals surface area contributed by atoms with E-state index in [1.165, 1.54) is 18.2 Å². The van der Waals surface area contributed by atoms with Gasteiger partial charge in [0.2, 0.25) is 0 Å². The Balaban J connectivity index is 2.15. The van der Waals surface area contributed by atoms with Crippen molar-refractivity contribution >= 4 is 17.3 Å². The Morgan fingerprint density at radius 3 is 2.84 bits per heavy atom. The molecule has 0 saturated heterocycles. The molecule has 0 spiro atoms. The van der Waals surface area contributed by atoms with Crippen LogP contribution in [0, 0.1) is 17.0 Å². The summed E-state index contributed by atoms with van der Waals surface area (Å²) in [6.07, 6.45) is 3.42. The lowest BCUT2D eigenvalue weighted by molar-refractivity contribution is -0.384. The van der Waals surface area contributed by atoms with E-state index in [0.717, 1.165) is 11.1 Å². The van der Waals surface area contributed by atoms with Gasteiger partial charge in [-0.25, -0.2) is 0 Å². The van der Waals surface area contributed by atoms with Crippen LogP contribution < -0.4 is 4.74 Å². The van der Waals surface area contributed by atoms with Crippen molar-refractivity contribution in [1.29, 1.82) is 0 Å². The fourth-order valence-corrected chi connectivity index (χ4v) is 1.75. The van der Waals surface area contributed by atoms with E-state index < -0.39 is 4.92 Å². The van der Waals surface area contributed by atoms with Gasteiger partial charge in [-0.3, -0.25) is 15.1 Å². The molecule has 0 bridgehead atoms. The van der Waals surface area contributed by atoms with Crippen molar-refractivity contribution in [3.63, 3.8) is 0 Å². The molecular weight excluding hydrogens is 268 g/mol. The quantitative estimate of drug-likeness (QED) is 0.634. The van der Waals surface area contributed by atoms with Crippen molar-refractivity contribution in [2.75, 3.05) is 0 Å². The Morgan fingerprint density at radius 2 is 2.16 bits per heavy atom. The Kier molecular flexibility index (Phi) is 3.97. The second kappa shape index (κ2) is 5.67. The average Bonchev–Trinajstić information content (AvgIpc) is 2.37. The monoisotopic (exact) mass is 278 g/mol. The number of nitro benzene ring substituents is 1. The van der Waals surface area contributed by atoms with E-state index in [4.69, 9.17) is 16.3 Å². The maximum absolute atomic E-state index is 10.7. The molecule has 6 heteroatoms. The molecule has 0 aliphatic heterocycles. The number of hydrogen-bond acceptors (Lipinski definition) is 4. The maximum Gasteiger partial charge on any atom is 0.273 e. The highest BCUT2D eigenvalue weighted by Crippen LogP contribution is 2.29. The van der Waals surface area contributed by atoms with E-state index in [1.54, 1.807) is 12.4 Å². The van der Waals surface area contributed by atoms with Crippen molar-refractivity contribution in [3.8, 4) is 5.75 Å². The molecule has 0 radical (unpaired) electrons. The lowest BCUT2D eigenvalue weighted by atomic mass is 10.2. The topological polar surface area (TPSA) is 65.3 Å². The zero-order chi connectivity index (χ0) is 13.8. The number of aromatic nitrogens is 1. The Hall–Kier alpha value is -2.14. The van der Waals surface area contributed by atoms with Gasteiger partial charge in [0.05, 0.1) is 16.0 Å². The average molecular weight is 279 g/mol. The van der Waals surface area contributed by atoms with Crippen LogP contribution in [0.5, 0.6) is 5.75 Å². The highest BCUT2D eigenvalue weighted by molar-refractivity contribution is 6.32. The summed E-state index contributed by atoms with van der Waals surface area (Å²) < 4.78 is 5.49. The maximum atomic E-state index is 10.7. The molecule has 0 atom stereocenters. The van der Waals surface area contributed by atoms with Gasteiger partial charge in [0.15, 0.2) is 0 Å². The Labute approximate surface area is 115 Å². The molecule has 2 rings (SSSR count). The van der Waals surface area contributed by atoms with Crippen molar-refractivity contribution in [3.05, 3.63) is 62.9 Å². The van der Waals surface area contributed by atoms with Crippen molar-refractivity contribution in [1.82, 2.24) is 4.98 Å². The highest BCUT2D eigenvalue weighted by Gasteiger charge is 2.10. The fourth-order valence-electron chi connectivity index (χ4n) is 1.57. The van der Waals surface area contributed by atoms with Gasteiger partial charge in [-0.1, -0.05) is 11.6 Å². The summed E-state index contributed by atoms with van der Waals surface area (Å²) in [6, 6.07) is 6.02. The third-order valence-electron chi connectivity index (χ3n) is 2.45. The van der Waals surface area contributed by atoms with Crippen LogP contribution in [0.1, 0.15) is 11.1 Å². The number of nitrogens with zero attached hydrogens (tertiary/aromatic N) is 2. The van der Waals surface area contributed by atoms with Crippen LogP contribution in [0.4, 0.5) is 5.69 Å². The molecule has 0 unspecified atom stereocenters. The summed E-state index contributed by atoms with van der Waals surface area (Å²) >= 11 is 5.94. The van der Waals surface area contributed by atoms with Gasteiger partial charge in [0.1, 0.15) is 12.4 Å². The summed E-state index contributed by atoms with van der Waals surface area (Å²) in [7, 11) is 0. The van der Waals surface area contributed by atoms with Crippen LogP contribution >= 0.6 is 11.6 Å². The molecule has 0 aliphatic rings. The first-order valence-corrected chi connectivity index (χ1v) is 5.91. The zero-order valence-electron chi connectivity index (χ0n) is 10.2.